The number of nitrogens with one attached hydrogen (secondary N) is 2. The van der Waals surface area contributed by atoms with E-state index in [1.54, 1.807) is 6.07 Å². The van der Waals surface area contributed by atoms with Crippen LogP contribution in [0.4, 0.5) is 5.69 Å². The minimum absolute atomic E-state index is 0.0377. The lowest BCUT2D eigenvalue weighted by atomic mass is 10.1. The number of aryl methyl sites for hydroxylation is 1. The van der Waals surface area contributed by atoms with Crippen molar-refractivity contribution in [2.45, 2.75) is 52.1 Å². The fraction of sp³-hybridized carbons (Fsp3) is 0.562. The summed E-state index contributed by atoms with van der Waals surface area (Å²) in [5.41, 5.74) is 1.71. The second kappa shape index (κ2) is 9.03. The van der Waals surface area contributed by atoms with Crippen LogP contribution in [0.15, 0.2) is 18.2 Å². The Kier molecular flexibility index (Phi) is 7.72. The Balaban J connectivity index is 2.40. The standard InChI is InChI=1S/C16H25ClN2O2/c1-11-6-7-14(10-15(11)17)19-16(21)9-13(3)18-12(2)5-4-8-20/h6-7,10,12-13,18,20H,4-5,8-9H2,1-3H3,(H,19,21). The Bertz CT molecular complexity index is 466. The fourth-order valence-electron chi connectivity index (χ4n) is 2.19. The Morgan fingerprint density at radius 1 is 1.33 bits per heavy atom. The van der Waals surface area contributed by atoms with Crippen LogP contribution in [-0.2, 0) is 4.79 Å². The third kappa shape index (κ3) is 6.93. The SMILES string of the molecule is Cc1ccc(NC(=O)CC(C)NC(C)CCCO)cc1Cl. The first kappa shape index (κ1) is 18.0. The van der Waals surface area contributed by atoms with Crippen LogP contribution in [0.5, 0.6) is 0 Å². The predicted molar refractivity (Wildman–Crippen MR) is 87.8 cm³/mol. The lowest BCUT2D eigenvalue weighted by Gasteiger charge is -2.19. The Hall–Kier alpha value is -1.10. The quantitative estimate of drug-likeness (QED) is 0.691. The number of hydrogen-bond donors (Lipinski definition) is 3. The van der Waals surface area contributed by atoms with Crippen LogP contribution < -0.4 is 10.6 Å². The molecule has 0 saturated heterocycles. The van der Waals surface area contributed by atoms with Gasteiger partial charge in [0.1, 0.15) is 0 Å². The number of rotatable bonds is 8. The molecule has 0 aliphatic carbocycles. The Morgan fingerprint density at radius 2 is 2.05 bits per heavy atom. The summed E-state index contributed by atoms with van der Waals surface area (Å²) in [5, 5.41) is 15.7. The van der Waals surface area contributed by atoms with E-state index in [-0.39, 0.29) is 24.6 Å². The van der Waals surface area contributed by atoms with Crippen LogP contribution >= 0.6 is 11.6 Å². The summed E-state index contributed by atoms with van der Waals surface area (Å²) >= 11 is 6.04. The average Bonchev–Trinajstić information content (AvgIpc) is 2.40. The summed E-state index contributed by atoms with van der Waals surface area (Å²) < 4.78 is 0. The molecule has 0 radical (unpaired) electrons. The number of halogens is 1. The largest absolute Gasteiger partial charge is 0.396 e. The Morgan fingerprint density at radius 3 is 2.67 bits per heavy atom. The van der Waals surface area contributed by atoms with Gasteiger partial charge in [0.05, 0.1) is 0 Å². The maximum absolute atomic E-state index is 12.0. The van der Waals surface area contributed by atoms with Crippen molar-refractivity contribution in [2.75, 3.05) is 11.9 Å². The van der Waals surface area contributed by atoms with Crippen molar-refractivity contribution >= 4 is 23.2 Å². The lowest BCUT2D eigenvalue weighted by molar-refractivity contribution is -0.116. The first-order valence-corrected chi connectivity index (χ1v) is 7.73. The summed E-state index contributed by atoms with van der Waals surface area (Å²) in [6.07, 6.45) is 2.07. The second-order valence-electron chi connectivity index (χ2n) is 5.55. The van der Waals surface area contributed by atoms with Gasteiger partial charge in [-0.3, -0.25) is 4.79 Å². The maximum atomic E-state index is 12.0. The molecule has 0 bridgehead atoms. The molecule has 0 aliphatic heterocycles. The highest BCUT2D eigenvalue weighted by Crippen LogP contribution is 2.20. The molecule has 1 rings (SSSR count). The molecule has 3 N–H and O–H groups in total. The van der Waals surface area contributed by atoms with Crippen LogP contribution in [0.1, 0.15) is 38.7 Å². The van der Waals surface area contributed by atoms with E-state index in [0.29, 0.717) is 11.4 Å². The van der Waals surface area contributed by atoms with E-state index in [2.05, 4.69) is 17.6 Å². The molecule has 0 spiro atoms. The van der Waals surface area contributed by atoms with Crippen molar-refractivity contribution in [1.29, 1.82) is 0 Å². The summed E-state index contributed by atoms with van der Waals surface area (Å²) in [6, 6.07) is 5.86. The molecule has 2 atom stereocenters. The first-order valence-electron chi connectivity index (χ1n) is 7.35. The molecule has 1 aromatic carbocycles. The van der Waals surface area contributed by atoms with Crippen molar-refractivity contribution in [2.24, 2.45) is 0 Å². The average molecular weight is 313 g/mol. The molecule has 5 heteroatoms. The van der Waals surface area contributed by atoms with Crippen LogP contribution in [0, 0.1) is 6.92 Å². The first-order chi connectivity index (χ1) is 9.92. The number of hydrogen-bond acceptors (Lipinski definition) is 3. The molecule has 0 fully saturated rings. The summed E-state index contributed by atoms with van der Waals surface area (Å²) in [5.74, 6) is -0.0377. The molecule has 0 aliphatic rings. The van der Waals surface area contributed by atoms with Gasteiger partial charge in [0, 0.05) is 35.8 Å². The minimum atomic E-state index is -0.0377. The van der Waals surface area contributed by atoms with Gasteiger partial charge in [-0.25, -0.2) is 0 Å². The molecule has 2 unspecified atom stereocenters. The van der Waals surface area contributed by atoms with E-state index < -0.39 is 0 Å². The zero-order valence-electron chi connectivity index (χ0n) is 12.9. The monoisotopic (exact) mass is 312 g/mol. The number of amides is 1. The van der Waals surface area contributed by atoms with Gasteiger partial charge in [0.15, 0.2) is 0 Å². The molecule has 1 amide bonds. The predicted octanol–water partition coefficient (Wildman–Crippen LogP) is 3.12. The molecule has 21 heavy (non-hydrogen) atoms. The van der Waals surface area contributed by atoms with Crippen LogP contribution in [-0.4, -0.2) is 29.7 Å². The van der Waals surface area contributed by atoms with Crippen LogP contribution in [0.2, 0.25) is 5.02 Å². The van der Waals surface area contributed by atoms with E-state index in [0.717, 1.165) is 24.1 Å². The molecule has 118 valence electrons. The number of aliphatic hydroxyl groups is 1. The summed E-state index contributed by atoms with van der Waals surface area (Å²) in [7, 11) is 0. The minimum Gasteiger partial charge on any atom is -0.396 e. The van der Waals surface area contributed by atoms with E-state index in [1.165, 1.54) is 0 Å². The smallest absolute Gasteiger partial charge is 0.225 e. The molecular formula is C16H25ClN2O2. The van der Waals surface area contributed by atoms with Gasteiger partial charge < -0.3 is 15.7 Å². The summed E-state index contributed by atoms with van der Waals surface area (Å²) in [6.45, 7) is 6.17. The molecule has 0 heterocycles. The van der Waals surface area contributed by atoms with E-state index >= 15 is 0 Å². The van der Waals surface area contributed by atoms with Gasteiger partial charge in [-0.05, 0) is 51.3 Å². The van der Waals surface area contributed by atoms with Gasteiger partial charge in [0.2, 0.25) is 5.91 Å². The molecule has 0 saturated carbocycles. The highest BCUT2D eigenvalue weighted by atomic mass is 35.5. The maximum Gasteiger partial charge on any atom is 0.225 e. The topological polar surface area (TPSA) is 61.4 Å². The fourth-order valence-corrected chi connectivity index (χ4v) is 2.37. The van der Waals surface area contributed by atoms with Gasteiger partial charge >= 0.3 is 0 Å². The number of carbonyl (C=O) groups excluding carboxylic acids is 1. The number of carbonyl (C=O) groups is 1. The van der Waals surface area contributed by atoms with E-state index in [4.69, 9.17) is 16.7 Å². The molecule has 1 aromatic rings. The highest BCUT2D eigenvalue weighted by Gasteiger charge is 2.12. The zero-order chi connectivity index (χ0) is 15.8. The van der Waals surface area contributed by atoms with Gasteiger partial charge in [-0.15, -0.1) is 0 Å². The molecule has 4 nitrogen and oxygen atoms in total. The van der Waals surface area contributed by atoms with Gasteiger partial charge in [0.25, 0.3) is 0 Å². The van der Waals surface area contributed by atoms with Crippen molar-refractivity contribution in [3.05, 3.63) is 28.8 Å². The van der Waals surface area contributed by atoms with E-state index in [1.807, 2.05) is 26.0 Å². The third-order valence-electron chi connectivity index (χ3n) is 3.31. The molecular weight excluding hydrogens is 288 g/mol. The second-order valence-corrected chi connectivity index (χ2v) is 5.96. The van der Waals surface area contributed by atoms with Crippen molar-refractivity contribution in [3.63, 3.8) is 0 Å². The highest BCUT2D eigenvalue weighted by molar-refractivity contribution is 6.31. The van der Waals surface area contributed by atoms with Gasteiger partial charge in [-0.2, -0.15) is 0 Å². The van der Waals surface area contributed by atoms with E-state index in [9.17, 15) is 4.79 Å². The van der Waals surface area contributed by atoms with Crippen molar-refractivity contribution < 1.29 is 9.90 Å². The summed E-state index contributed by atoms with van der Waals surface area (Å²) in [4.78, 5) is 12.0. The number of benzene rings is 1. The van der Waals surface area contributed by atoms with Crippen LogP contribution in [0.25, 0.3) is 0 Å². The Labute approximate surface area is 131 Å². The van der Waals surface area contributed by atoms with Crippen molar-refractivity contribution in [3.8, 4) is 0 Å². The number of aliphatic hydroxyl groups excluding tert-OH is 1. The van der Waals surface area contributed by atoms with Crippen molar-refractivity contribution in [1.82, 2.24) is 5.32 Å². The van der Waals surface area contributed by atoms with Gasteiger partial charge in [-0.1, -0.05) is 17.7 Å². The molecule has 0 aromatic heterocycles. The lowest BCUT2D eigenvalue weighted by Crippen LogP contribution is -2.37. The normalized spacial score (nSPS) is 13.8. The third-order valence-corrected chi connectivity index (χ3v) is 3.72. The number of anilines is 1. The zero-order valence-corrected chi connectivity index (χ0v) is 13.7. The van der Waals surface area contributed by atoms with Crippen LogP contribution in [0.3, 0.4) is 0 Å².